The molecule has 0 unspecified atom stereocenters. The topological polar surface area (TPSA) is 102 Å². The maximum absolute atomic E-state index is 12.8. The summed E-state index contributed by atoms with van der Waals surface area (Å²) in [5, 5.41) is 5.86. The first-order valence-electron chi connectivity index (χ1n) is 12.2. The molecule has 0 radical (unpaired) electrons. The van der Waals surface area contributed by atoms with E-state index in [1.54, 1.807) is 28.6 Å². The van der Waals surface area contributed by atoms with Crippen LogP contribution in [0, 0.1) is 0 Å². The van der Waals surface area contributed by atoms with Gasteiger partial charge in [0.05, 0.1) is 18.0 Å². The van der Waals surface area contributed by atoms with Gasteiger partial charge in [0.25, 0.3) is 0 Å². The van der Waals surface area contributed by atoms with Crippen molar-refractivity contribution in [1.29, 1.82) is 0 Å². The summed E-state index contributed by atoms with van der Waals surface area (Å²) in [4.78, 5) is 29.3. The van der Waals surface area contributed by atoms with Crippen LogP contribution in [0.15, 0.2) is 29.2 Å². The predicted octanol–water partition coefficient (Wildman–Crippen LogP) is 1.72. The van der Waals surface area contributed by atoms with Crippen LogP contribution in [0.25, 0.3) is 0 Å². The van der Waals surface area contributed by atoms with Gasteiger partial charge in [0.2, 0.25) is 21.8 Å². The van der Waals surface area contributed by atoms with Crippen molar-refractivity contribution >= 4 is 27.5 Å². The highest BCUT2D eigenvalue weighted by atomic mass is 32.2. The number of nitrogens with zero attached hydrogens (tertiary/aromatic N) is 3. The molecule has 190 valence electrons. The number of benzene rings is 1. The number of carbonyl (C=O) groups is 2. The number of hydrogen-bond acceptors (Lipinski definition) is 6. The SMILES string of the molecule is CC(C)(C)NC(=O)CN1CCCN(CC(=O)Nc2ccc(S(=O)(=O)N3CCCCC3)cc2)CC1. The van der Waals surface area contributed by atoms with E-state index in [9.17, 15) is 18.0 Å². The second-order valence-electron chi connectivity index (χ2n) is 10.2. The average Bonchev–Trinajstić information content (AvgIpc) is 2.98. The average molecular weight is 494 g/mol. The molecule has 2 heterocycles. The van der Waals surface area contributed by atoms with E-state index in [4.69, 9.17) is 0 Å². The number of rotatable bonds is 7. The molecule has 1 aromatic rings. The maximum atomic E-state index is 12.8. The first-order valence-corrected chi connectivity index (χ1v) is 13.6. The molecular formula is C24H39N5O4S. The first-order chi connectivity index (χ1) is 16.0. The number of nitrogens with one attached hydrogen (secondary N) is 2. The molecule has 2 aliphatic heterocycles. The van der Waals surface area contributed by atoms with E-state index in [-0.39, 0.29) is 28.8 Å². The molecule has 2 aliphatic rings. The standard InChI is InChI=1S/C24H39N5O4S/c1-24(2,3)26-23(31)19-28-13-7-12-27(16-17-28)18-22(30)25-20-8-10-21(11-9-20)34(32,33)29-14-5-4-6-15-29/h8-11H,4-7,12-19H2,1-3H3,(H,25,30)(H,26,31). The molecule has 2 saturated heterocycles. The molecule has 0 spiro atoms. The zero-order chi connectivity index (χ0) is 24.8. The Morgan fingerprint density at radius 1 is 0.794 bits per heavy atom. The smallest absolute Gasteiger partial charge is 0.243 e. The van der Waals surface area contributed by atoms with Crippen LogP contribution in [-0.2, 0) is 19.6 Å². The lowest BCUT2D eigenvalue weighted by molar-refractivity contribution is -0.123. The van der Waals surface area contributed by atoms with Crippen molar-refractivity contribution in [2.45, 2.75) is 56.9 Å². The van der Waals surface area contributed by atoms with E-state index >= 15 is 0 Å². The van der Waals surface area contributed by atoms with E-state index in [0.29, 0.717) is 31.9 Å². The molecule has 0 saturated carbocycles. The molecule has 2 N–H and O–H groups in total. The predicted molar refractivity (Wildman–Crippen MR) is 133 cm³/mol. The Hall–Kier alpha value is -2.01. The third kappa shape index (κ3) is 8.04. The van der Waals surface area contributed by atoms with Gasteiger partial charge in [0.1, 0.15) is 0 Å². The van der Waals surface area contributed by atoms with Crippen molar-refractivity contribution in [2.75, 3.05) is 57.7 Å². The Morgan fingerprint density at radius 2 is 1.35 bits per heavy atom. The molecule has 34 heavy (non-hydrogen) atoms. The summed E-state index contributed by atoms with van der Waals surface area (Å²) >= 11 is 0. The normalized spacial score (nSPS) is 19.4. The summed E-state index contributed by atoms with van der Waals surface area (Å²) in [6.45, 7) is 10.7. The van der Waals surface area contributed by atoms with Crippen molar-refractivity contribution in [2.24, 2.45) is 0 Å². The minimum absolute atomic E-state index is 0.0180. The highest BCUT2D eigenvalue weighted by molar-refractivity contribution is 7.89. The van der Waals surface area contributed by atoms with E-state index in [1.807, 2.05) is 20.8 Å². The first kappa shape index (κ1) is 26.6. The Kier molecular flexibility index (Phi) is 9.08. The number of anilines is 1. The number of piperidine rings is 1. The lowest BCUT2D eigenvalue weighted by atomic mass is 10.1. The number of carbonyl (C=O) groups excluding carboxylic acids is 2. The van der Waals surface area contributed by atoms with E-state index in [0.717, 1.165) is 45.3 Å². The lowest BCUT2D eigenvalue weighted by Crippen LogP contribution is -2.46. The van der Waals surface area contributed by atoms with Crippen LogP contribution < -0.4 is 10.6 Å². The van der Waals surface area contributed by atoms with Gasteiger partial charge in [-0.1, -0.05) is 6.42 Å². The van der Waals surface area contributed by atoms with Crippen molar-refractivity contribution in [1.82, 2.24) is 19.4 Å². The fourth-order valence-corrected chi connectivity index (χ4v) is 5.89. The molecule has 0 aliphatic carbocycles. The van der Waals surface area contributed by atoms with Gasteiger partial charge in [-0.05, 0) is 77.4 Å². The molecule has 0 aromatic heterocycles. The quantitative estimate of drug-likeness (QED) is 0.600. The fourth-order valence-electron chi connectivity index (χ4n) is 4.37. The van der Waals surface area contributed by atoms with Gasteiger partial charge < -0.3 is 10.6 Å². The largest absolute Gasteiger partial charge is 0.350 e. The summed E-state index contributed by atoms with van der Waals surface area (Å²) in [5.41, 5.74) is 0.334. The van der Waals surface area contributed by atoms with Crippen molar-refractivity contribution < 1.29 is 18.0 Å². The summed E-state index contributed by atoms with van der Waals surface area (Å²) < 4.78 is 27.1. The number of amides is 2. The van der Waals surface area contributed by atoms with Gasteiger partial charge in [0, 0.05) is 37.4 Å². The number of hydrogen-bond donors (Lipinski definition) is 2. The molecule has 0 bridgehead atoms. The van der Waals surface area contributed by atoms with Gasteiger partial charge in [-0.25, -0.2) is 8.42 Å². The van der Waals surface area contributed by atoms with Crippen LogP contribution in [0.2, 0.25) is 0 Å². The van der Waals surface area contributed by atoms with Crippen LogP contribution in [0.4, 0.5) is 5.69 Å². The monoisotopic (exact) mass is 493 g/mol. The lowest BCUT2D eigenvalue weighted by Gasteiger charge is -2.26. The van der Waals surface area contributed by atoms with E-state index in [2.05, 4.69) is 20.4 Å². The fraction of sp³-hybridized carbons (Fsp3) is 0.667. The Labute approximate surface area is 203 Å². The summed E-state index contributed by atoms with van der Waals surface area (Å²) in [5.74, 6) is -0.116. The van der Waals surface area contributed by atoms with Crippen LogP contribution in [0.5, 0.6) is 0 Å². The molecule has 10 heteroatoms. The van der Waals surface area contributed by atoms with Crippen LogP contribution >= 0.6 is 0 Å². The minimum Gasteiger partial charge on any atom is -0.350 e. The van der Waals surface area contributed by atoms with Gasteiger partial charge in [-0.15, -0.1) is 0 Å². The third-order valence-corrected chi connectivity index (χ3v) is 7.93. The molecule has 2 amide bonds. The molecule has 3 rings (SSSR count). The van der Waals surface area contributed by atoms with Gasteiger partial charge in [-0.2, -0.15) is 4.31 Å². The Morgan fingerprint density at radius 3 is 1.91 bits per heavy atom. The van der Waals surface area contributed by atoms with Crippen LogP contribution in [-0.4, -0.2) is 92.2 Å². The zero-order valence-corrected chi connectivity index (χ0v) is 21.5. The third-order valence-electron chi connectivity index (χ3n) is 6.02. The van der Waals surface area contributed by atoms with Crippen molar-refractivity contribution in [3.05, 3.63) is 24.3 Å². The zero-order valence-electron chi connectivity index (χ0n) is 20.7. The molecular weight excluding hydrogens is 454 g/mol. The van der Waals surface area contributed by atoms with E-state index in [1.165, 1.54) is 0 Å². The van der Waals surface area contributed by atoms with Gasteiger partial charge in [-0.3, -0.25) is 19.4 Å². The van der Waals surface area contributed by atoms with E-state index < -0.39 is 10.0 Å². The summed E-state index contributed by atoms with van der Waals surface area (Å²) in [6, 6.07) is 6.41. The summed E-state index contributed by atoms with van der Waals surface area (Å²) in [7, 11) is -3.48. The van der Waals surface area contributed by atoms with Crippen LogP contribution in [0.1, 0.15) is 46.5 Å². The summed E-state index contributed by atoms with van der Waals surface area (Å²) in [6.07, 6.45) is 3.75. The molecule has 9 nitrogen and oxygen atoms in total. The Bertz CT molecular complexity index is 937. The second-order valence-corrected chi connectivity index (χ2v) is 12.2. The molecule has 1 aromatic carbocycles. The highest BCUT2D eigenvalue weighted by Gasteiger charge is 2.26. The van der Waals surface area contributed by atoms with Crippen LogP contribution in [0.3, 0.4) is 0 Å². The Balaban J connectivity index is 1.47. The van der Waals surface area contributed by atoms with Crippen molar-refractivity contribution in [3.8, 4) is 0 Å². The van der Waals surface area contributed by atoms with Gasteiger partial charge in [0.15, 0.2) is 0 Å². The van der Waals surface area contributed by atoms with Crippen molar-refractivity contribution in [3.63, 3.8) is 0 Å². The maximum Gasteiger partial charge on any atom is 0.243 e. The molecule has 2 fully saturated rings. The van der Waals surface area contributed by atoms with Gasteiger partial charge >= 0.3 is 0 Å². The minimum atomic E-state index is -3.48. The number of sulfonamides is 1. The highest BCUT2D eigenvalue weighted by Crippen LogP contribution is 2.22. The molecule has 0 atom stereocenters. The second kappa shape index (κ2) is 11.6.